The van der Waals surface area contributed by atoms with Crippen molar-refractivity contribution in [2.75, 3.05) is 23.6 Å². The van der Waals surface area contributed by atoms with Crippen LogP contribution in [0.1, 0.15) is 12.5 Å². The predicted octanol–water partition coefficient (Wildman–Crippen LogP) is 6.06. The van der Waals surface area contributed by atoms with Crippen LogP contribution in [0.4, 0.5) is 5.82 Å². The van der Waals surface area contributed by atoms with Crippen LogP contribution in [0.3, 0.4) is 0 Å². The average molecular weight is 622 g/mol. The third-order valence-corrected chi connectivity index (χ3v) is 10.3. The first-order valence-corrected chi connectivity index (χ1v) is 17.1. The second-order valence-electron chi connectivity index (χ2n) is 9.12. The lowest BCUT2D eigenvalue weighted by Crippen LogP contribution is -2.38. The van der Waals surface area contributed by atoms with Crippen molar-refractivity contribution in [1.82, 2.24) is 19.5 Å². The lowest BCUT2D eigenvalue weighted by atomic mass is 10.2. The predicted molar refractivity (Wildman–Crippen MR) is 160 cm³/mol. The summed E-state index contributed by atoms with van der Waals surface area (Å²) in [4.78, 5) is 12.5. The van der Waals surface area contributed by atoms with Crippen molar-refractivity contribution in [3.63, 3.8) is 0 Å². The molecule has 0 radical (unpaired) electrons. The van der Waals surface area contributed by atoms with Crippen LogP contribution in [-0.2, 0) is 31.7 Å². The molecule has 0 spiro atoms. The number of rotatable bonds is 12. The van der Waals surface area contributed by atoms with Gasteiger partial charge in [0.05, 0.1) is 36.7 Å². The second kappa shape index (κ2) is 13.6. The maximum atomic E-state index is 14.2. The molecule has 0 aliphatic carbocycles. The Morgan fingerprint density at radius 3 is 2.62 bits per heavy atom. The fourth-order valence-electron chi connectivity index (χ4n) is 4.01. The van der Waals surface area contributed by atoms with Gasteiger partial charge in [-0.05, 0) is 24.6 Å². The zero-order chi connectivity index (χ0) is 28.0. The van der Waals surface area contributed by atoms with Crippen LogP contribution in [0, 0.1) is 0 Å². The van der Waals surface area contributed by atoms with Crippen molar-refractivity contribution in [2.24, 2.45) is 0 Å². The third kappa shape index (κ3) is 7.50. The van der Waals surface area contributed by atoms with E-state index < -0.39 is 13.7 Å². The van der Waals surface area contributed by atoms with Crippen LogP contribution < -0.4 is 10.3 Å². The Labute approximate surface area is 245 Å². The number of benzene rings is 2. The zero-order valence-electron chi connectivity index (χ0n) is 21.7. The number of aromatic nitrogens is 4. The minimum absolute atomic E-state index is 0.260. The molecule has 4 atom stereocenters. The van der Waals surface area contributed by atoms with Crippen LogP contribution in [0.15, 0.2) is 67.3 Å². The number of nitrogen functional groups attached to an aromatic ring is 1. The van der Waals surface area contributed by atoms with Gasteiger partial charge in [-0.1, -0.05) is 75.7 Å². The molecule has 0 saturated carbocycles. The summed E-state index contributed by atoms with van der Waals surface area (Å²) in [6.45, 7) is 2.67. The number of imidazole rings is 1. The van der Waals surface area contributed by atoms with Gasteiger partial charge in [-0.3, -0.25) is 4.52 Å². The van der Waals surface area contributed by atoms with E-state index in [2.05, 4.69) is 15.0 Å². The summed E-state index contributed by atoms with van der Waals surface area (Å²) in [6.07, 6.45) is 1.58. The van der Waals surface area contributed by atoms with Gasteiger partial charge in [-0.25, -0.2) is 19.5 Å². The van der Waals surface area contributed by atoms with E-state index in [1.807, 2.05) is 37.3 Å². The van der Waals surface area contributed by atoms with Gasteiger partial charge in [-0.2, -0.15) is 0 Å². The van der Waals surface area contributed by atoms with Gasteiger partial charge in [0.2, 0.25) is 0 Å². The molecule has 5 rings (SSSR count). The molecule has 2 N–H and O–H groups in total. The molecule has 1 aliphatic rings. The van der Waals surface area contributed by atoms with Crippen molar-refractivity contribution < 1.29 is 23.1 Å². The highest BCUT2D eigenvalue weighted by Crippen LogP contribution is 2.53. The molecular formula is C26H29ClN5O5PS2. The maximum absolute atomic E-state index is 14.2. The standard InChI is InChI=1S/C26H29ClN5O5PS2/c1-18(11-32-16-31-24-25(28)29-15-30-26(24)32)35-17-38(33,36-21-10-6-5-9-20(21)27)37-23-14-40-39-13-22(23)34-12-19-7-3-2-4-8-19/h2-10,15-16,18,22-23H,11-14,17H2,1H3,(H2,28,29,30)/t18-,22+,23+,38?/m1/s1. The average Bonchev–Trinajstić information content (AvgIpc) is 3.37. The monoisotopic (exact) mass is 621 g/mol. The Morgan fingerprint density at radius 1 is 1.07 bits per heavy atom. The fourth-order valence-corrected chi connectivity index (χ4v) is 8.45. The number of para-hydroxylation sites is 1. The Bertz CT molecular complexity index is 1470. The lowest BCUT2D eigenvalue weighted by molar-refractivity contribution is -0.0192. The number of fused-ring (bicyclic) bond motifs is 1. The largest absolute Gasteiger partial charge is 0.421 e. The number of ether oxygens (including phenoxy) is 2. The molecule has 1 aliphatic heterocycles. The van der Waals surface area contributed by atoms with E-state index in [9.17, 15) is 4.57 Å². The van der Waals surface area contributed by atoms with E-state index in [4.69, 9.17) is 35.9 Å². The van der Waals surface area contributed by atoms with E-state index >= 15 is 0 Å². The van der Waals surface area contributed by atoms with Gasteiger partial charge in [0.15, 0.2) is 17.8 Å². The minimum Gasteiger partial charge on any atom is -0.421 e. The zero-order valence-corrected chi connectivity index (χ0v) is 25.0. The third-order valence-electron chi connectivity index (χ3n) is 6.04. The SMILES string of the molecule is C[C@H](Cn1cnc2c(N)ncnc21)OCP(=O)(Oc1ccccc1Cl)O[C@H]1CSSC[C@@H]1OCc1ccccc1. The molecule has 0 bridgehead atoms. The van der Waals surface area contributed by atoms with Crippen molar-refractivity contribution >= 4 is 57.8 Å². The first-order chi connectivity index (χ1) is 19.4. The number of nitrogens with zero attached hydrogens (tertiary/aromatic N) is 4. The maximum Gasteiger partial charge on any atom is 0.405 e. The first-order valence-electron chi connectivity index (χ1n) is 12.5. The fraction of sp³-hybridized carbons (Fsp3) is 0.346. The molecule has 2 aromatic carbocycles. The van der Waals surface area contributed by atoms with Crippen molar-refractivity contribution in [3.05, 3.63) is 77.8 Å². The van der Waals surface area contributed by atoms with Crippen LogP contribution in [0.2, 0.25) is 5.02 Å². The quantitative estimate of drug-likeness (QED) is 0.147. The molecular weight excluding hydrogens is 593 g/mol. The topological polar surface area (TPSA) is 124 Å². The first kappa shape index (κ1) is 29.2. The van der Waals surface area contributed by atoms with Gasteiger partial charge >= 0.3 is 7.60 Å². The summed E-state index contributed by atoms with van der Waals surface area (Å²) < 4.78 is 40.5. The summed E-state index contributed by atoms with van der Waals surface area (Å²) >= 11 is 6.34. The van der Waals surface area contributed by atoms with Gasteiger partial charge in [0.25, 0.3) is 0 Å². The van der Waals surface area contributed by atoms with E-state index in [0.717, 1.165) is 5.56 Å². The van der Waals surface area contributed by atoms with Crippen molar-refractivity contribution in [2.45, 2.75) is 38.4 Å². The minimum atomic E-state index is -3.85. The molecule has 3 heterocycles. The van der Waals surface area contributed by atoms with E-state index in [0.29, 0.717) is 46.7 Å². The van der Waals surface area contributed by atoms with Gasteiger partial charge < -0.3 is 24.3 Å². The molecule has 1 fully saturated rings. The lowest BCUT2D eigenvalue weighted by Gasteiger charge is -2.33. The van der Waals surface area contributed by atoms with Crippen molar-refractivity contribution in [3.8, 4) is 5.75 Å². The van der Waals surface area contributed by atoms with Gasteiger partial charge in [-0.15, -0.1) is 0 Å². The van der Waals surface area contributed by atoms with Crippen LogP contribution in [0.5, 0.6) is 5.75 Å². The summed E-state index contributed by atoms with van der Waals surface area (Å²) in [5.41, 5.74) is 8.06. The van der Waals surface area contributed by atoms with E-state index in [1.165, 1.54) is 6.33 Å². The highest BCUT2D eigenvalue weighted by atomic mass is 35.5. The Hall–Kier alpha value is -2.31. The number of hydrogen-bond donors (Lipinski definition) is 1. The molecule has 1 saturated heterocycles. The second-order valence-corrected chi connectivity index (χ2v) is 13.9. The summed E-state index contributed by atoms with van der Waals surface area (Å²) in [7, 11) is -0.508. The van der Waals surface area contributed by atoms with E-state index in [1.54, 1.807) is 56.7 Å². The normalized spacial score (nSPS) is 19.8. The number of anilines is 1. The highest BCUT2D eigenvalue weighted by Gasteiger charge is 2.38. The molecule has 4 aromatic rings. The Kier molecular flexibility index (Phi) is 9.90. The Morgan fingerprint density at radius 2 is 1.82 bits per heavy atom. The summed E-state index contributed by atoms with van der Waals surface area (Å²) in [6, 6.07) is 16.8. The molecule has 212 valence electrons. The summed E-state index contributed by atoms with van der Waals surface area (Å²) in [5.74, 6) is 1.83. The molecule has 2 aromatic heterocycles. The molecule has 0 amide bonds. The molecule has 10 nitrogen and oxygen atoms in total. The molecule has 14 heteroatoms. The number of nitrogens with two attached hydrogens (primary N) is 1. The number of hydrogen-bond acceptors (Lipinski definition) is 11. The van der Waals surface area contributed by atoms with Crippen LogP contribution in [-0.4, -0.2) is 55.7 Å². The smallest absolute Gasteiger partial charge is 0.405 e. The number of halogens is 1. The van der Waals surface area contributed by atoms with E-state index in [-0.39, 0.29) is 24.3 Å². The summed E-state index contributed by atoms with van der Waals surface area (Å²) in [5, 5.41) is 0.326. The Balaban J connectivity index is 1.29. The molecule has 1 unspecified atom stereocenters. The van der Waals surface area contributed by atoms with Crippen molar-refractivity contribution in [1.29, 1.82) is 0 Å². The molecule has 40 heavy (non-hydrogen) atoms. The van der Waals surface area contributed by atoms with Crippen LogP contribution in [0.25, 0.3) is 11.2 Å². The van der Waals surface area contributed by atoms with Crippen LogP contribution >= 0.6 is 40.8 Å². The highest BCUT2D eigenvalue weighted by molar-refractivity contribution is 8.76. The van der Waals surface area contributed by atoms with Gasteiger partial charge in [0.1, 0.15) is 23.7 Å². The van der Waals surface area contributed by atoms with Gasteiger partial charge in [0, 0.05) is 11.5 Å².